The second kappa shape index (κ2) is 8.70. The number of likely N-dealkylation sites (N-methyl/N-ethyl adjacent to an activating group) is 1. The SMILES string of the molecule is CCc1ccccc1CC(=O)OCCN(CC)CC. The lowest BCUT2D eigenvalue weighted by Gasteiger charge is -2.17. The average Bonchev–Trinajstić information content (AvgIpc) is 2.44. The van der Waals surface area contributed by atoms with Crippen LogP contribution in [-0.4, -0.2) is 37.1 Å². The summed E-state index contributed by atoms with van der Waals surface area (Å²) in [5.41, 5.74) is 2.31. The van der Waals surface area contributed by atoms with Gasteiger partial charge < -0.3 is 9.64 Å². The molecule has 3 heteroatoms. The maximum absolute atomic E-state index is 11.8. The van der Waals surface area contributed by atoms with E-state index in [1.54, 1.807) is 0 Å². The molecule has 0 aromatic heterocycles. The monoisotopic (exact) mass is 263 g/mol. The number of aryl methyl sites for hydroxylation is 1. The third-order valence-corrected chi connectivity index (χ3v) is 3.40. The van der Waals surface area contributed by atoms with Gasteiger partial charge in [0.15, 0.2) is 0 Å². The van der Waals surface area contributed by atoms with Gasteiger partial charge in [-0.2, -0.15) is 0 Å². The highest BCUT2D eigenvalue weighted by Gasteiger charge is 2.08. The first-order chi connectivity index (χ1) is 9.21. The van der Waals surface area contributed by atoms with Crippen molar-refractivity contribution >= 4 is 5.97 Å². The third-order valence-electron chi connectivity index (χ3n) is 3.40. The van der Waals surface area contributed by atoms with Crippen LogP contribution in [0.1, 0.15) is 31.9 Å². The Balaban J connectivity index is 2.39. The summed E-state index contributed by atoms with van der Waals surface area (Å²) in [4.78, 5) is 14.0. The summed E-state index contributed by atoms with van der Waals surface area (Å²) < 4.78 is 5.30. The summed E-state index contributed by atoms with van der Waals surface area (Å²) in [6, 6.07) is 8.05. The van der Waals surface area contributed by atoms with Crippen molar-refractivity contribution in [1.29, 1.82) is 0 Å². The van der Waals surface area contributed by atoms with Crippen LogP contribution in [-0.2, 0) is 22.4 Å². The number of hydrogen-bond acceptors (Lipinski definition) is 3. The first-order valence-corrected chi connectivity index (χ1v) is 7.15. The smallest absolute Gasteiger partial charge is 0.310 e. The van der Waals surface area contributed by atoms with E-state index in [0.29, 0.717) is 13.0 Å². The molecule has 0 amide bonds. The topological polar surface area (TPSA) is 29.5 Å². The van der Waals surface area contributed by atoms with Gasteiger partial charge in [0.2, 0.25) is 0 Å². The number of carbonyl (C=O) groups excluding carboxylic acids is 1. The fourth-order valence-corrected chi connectivity index (χ4v) is 2.11. The molecule has 0 fully saturated rings. The molecule has 0 bridgehead atoms. The number of rotatable bonds is 8. The van der Waals surface area contributed by atoms with Crippen molar-refractivity contribution in [2.24, 2.45) is 0 Å². The molecule has 0 aliphatic carbocycles. The quantitative estimate of drug-likeness (QED) is 0.675. The van der Waals surface area contributed by atoms with Crippen LogP contribution in [0.4, 0.5) is 0 Å². The molecule has 106 valence electrons. The van der Waals surface area contributed by atoms with E-state index in [0.717, 1.165) is 31.6 Å². The number of benzene rings is 1. The fraction of sp³-hybridized carbons (Fsp3) is 0.562. The first kappa shape index (κ1) is 15.7. The Morgan fingerprint density at radius 3 is 2.32 bits per heavy atom. The zero-order valence-electron chi connectivity index (χ0n) is 12.3. The summed E-state index contributed by atoms with van der Waals surface area (Å²) in [6.07, 6.45) is 1.32. The number of hydrogen-bond donors (Lipinski definition) is 0. The van der Waals surface area contributed by atoms with Crippen molar-refractivity contribution in [3.8, 4) is 0 Å². The van der Waals surface area contributed by atoms with E-state index in [4.69, 9.17) is 4.74 Å². The molecular formula is C16H25NO2. The molecular weight excluding hydrogens is 238 g/mol. The first-order valence-electron chi connectivity index (χ1n) is 7.15. The van der Waals surface area contributed by atoms with E-state index in [1.165, 1.54) is 5.56 Å². The van der Waals surface area contributed by atoms with Crippen LogP contribution in [0.5, 0.6) is 0 Å². The molecule has 0 aliphatic heterocycles. The number of ether oxygens (including phenoxy) is 1. The third kappa shape index (κ3) is 5.43. The Labute approximate surface area is 116 Å². The molecule has 1 aromatic carbocycles. The number of esters is 1. The summed E-state index contributed by atoms with van der Waals surface area (Å²) in [5, 5.41) is 0. The van der Waals surface area contributed by atoms with E-state index in [-0.39, 0.29) is 5.97 Å². The Hall–Kier alpha value is -1.35. The van der Waals surface area contributed by atoms with Gasteiger partial charge in [-0.3, -0.25) is 4.79 Å². The van der Waals surface area contributed by atoms with Crippen LogP contribution in [0.2, 0.25) is 0 Å². The van der Waals surface area contributed by atoms with Crippen LogP contribution in [0, 0.1) is 0 Å². The molecule has 0 spiro atoms. The van der Waals surface area contributed by atoms with E-state index < -0.39 is 0 Å². The predicted octanol–water partition coefficient (Wildman–Crippen LogP) is 2.68. The van der Waals surface area contributed by atoms with Gasteiger partial charge in [-0.25, -0.2) is 0 Å². The lowest BCUT2D eigenvalue weighted by molar-refractivity contribution is -0.143. The Bertz CT molecular complexity index is 386. The summed E-state index contributed by atoms with van der Waals surface area (Å²) in [5.74, 6) is -0.131. The van der Waals surface area contributed by atoms with Gasteiger partial charge in [0.25, 0.3) is 0 Å². The highest BCUT2D eigenvalue weighted by molar-refractivity contribution is 5.73. The van der Waals surface area contributed by atoms with Crippen LogP contribution < -0.4 is 0 Å². The minimum absolute atomic E-state index is 0.131. The van der Waals surface area contributed by atoms with Crippen LogP contribution in [0.15, 0.2) is 24.3 Å². The van der Waals surface area contributed by atoms with Crippen molar-refractivity contribution in [2.75, 3.05) is 26.2 Å². The summed E-state index contributed by atoms with van der Waals surface area (Å²) in [6.45, 7) is 9.61. The molecule has 0 saturated carbocycles. The lowest BCUT2D eigenvalue weighted by atomic mass is 10.0. The van der Waals surface area contributed by atoms with E-state index in [1.807, 2.05) is 18.2 Å². The Morgan fingerprint density at radius 1 is 1.11 bits per heavy atom. The van der Waals surface area contributed by atoms with Crippen molar-refractivity contribution in [1.82, 2.24) is 4.90 Å². The number of nitrogens with zero attached hydrogens (tertiary/aromatic N) is 1. The average molecular weight is 263 g/mol. The molecule has 19 heavy (non-hydrogen) atoms. The Morgan fingerprint density at radius 2 is 1.74 bits per heavy atom. The number of carbonyl (C=O) groups is 1. The van der Waals surface area contributed by atoms with Crippen molar-refractivity contribution in [3.63, 3.8) is 0 Å². The summed E-state index contributed by atoms with van der Waals surface area (Å²) >= 11 is 0. The lowest BCUT2D eigenvalue weighted by Crippen LogP contribution is -2.28. The van der Waals surface area contributed by atoms with Crippen LogP contribution in [0.3, 0.4) is 0 Å². The largest absolute Gasteiger partial charge is 0.464 e. The van der Waals surface area contributed by atoms with Gasteiger partial charge in [0.1, 0.15) is 6.61 Å². The maximum Gasteiger partial charge on any atom is 0.310 e. The van der Waals surface area contributed by atoms with Gasteiger partial charge in [-0.1, -0.05) is 45.0 Å². The standard InChI is InChI=1S/C16H25NO2/c1-4-14-9-7-8-10-15(14)13-16(18)19-12-11-17(5-2)6-3/h7-10H,4-6,11-13H2,1-3H3. The van der Waals surface area contributed by atoms with E-state index >= 15 is 0 Å². The normalized spacial score (nSPS) is 10.7. The maximum atomic E-state index is 11.8. The minimum Gasteiger partial charge on any atom is -0.464 e. The molecule has 1 rings (SSSR count). The molecule has 0 N–H and O–H groups in total. The van der Waals surface area contributed by atoms with E-state index in [2.05, 4.69) is 31.7 Å². The highest BCUT2D eigenvalue weighted by atomic mass is 16.5. The Kier molecular flexibility index (Phi) is 7.19. The van der Waals surface area contributed by atoms with Gasteiger partial charge in [-0.15, -0.1) is 0 Å². The van der Waals surface area contributed by atoms with Crippen molar-refractivity contribution in [3.05, 3.63) is 35.4 Å². The second-order valence-electron chi connectivity index (χ2n) is 4.55. The van der Waals surface area contributed by atoms with Crippen LogP contribution >= 0.6 is 0 Å². The van der Waals surface area contributed by atoms with Crippen molar-refractivity contribution in [2.45, 2.75) is 33.6 Å². The summed E-state index contributed by atoms with van der Waals surface area (Å²) in [7, 11) is 0. The second-order valence-corrected chi connectivity index (χ2v) is 4.55. The van der Waals surface area contributed by atoms with Gasteiger partial charge in [0.05, 0.1) is 6.42 Å². The zero-order valence-corrected chi connectivity index (χ0v) is 12.3. The highest BCUT2D eigenvalue weighted by Crippen LogP contribution is 2.10. The molecule has 0 aliphatic rings. The van der Waals surface area contributed by atoms with Gasteiger partial charge >= 0.3 is 5.97 Å². The van der Waals surface area contributed by atoms with Gasteiger partial charge in [-0.05, 0) is 30.6 Å². The van der Waals surface area contributed by atoms with Gasteiger partial charge in [0, 0.05) is 6.54 Å². The predicted molar refractivity (Wildman–Crippen MR) is 78.3 cm³/mol. The molecule has 0 radical (unpaired) electrons. The molecule has 0 atom stereocenters. The van der Waals surface area contributed by atoms with Crippen LogP contribution in [0.25, 0.3) is 0 Å². The van der Waals surface area contributed by atoms with Crippen molar-refractivity contribution < 1.29 is 9.53 Å². The molecule has 0 heterocycles. The zero-order chi connectivity index (χ0) is 14.1. The molecule has 0 unspecified atom stereocenters. The fourth-order valence-electron chi connectivity index (χ4n) is 2.11. The molecule has 0 saturated heterocycles. The molecule has 1 aromatic rings. The minimum atomic E-state index is -0.131. The van der Waals surface area contributed by atoms with E-state index in [9.17, 15) is 4.79 Å². The molecule has 3 nitrogen and oxygen atoms in total.